The van der Waals surface area contributed by atoms with Gasteiger partial charge in [0.15, 0.2) is 5.82 Å². The molecule has 2 aromatic heterocycles. The normalized spacial score (nSPS) is 15.9. The predicted molar refractivity (Wildman–Crippen MR) is 116 cm³/mol. The smallest absolute Gasteiger partial charge is 0.368 e. The molecule has 33 heavy (non-hydrogen) atoms. The Morgan fingerprint density at radius 2 is 1.85 bits per heavy atom. The third kappa shape index (κ3) is 4.08. The number of aromatic nitrogens is 2. The Labute approximate surface area is 186 Å². The molecule has 2 bridgehead atoms. The Bertz CT molecular complexity index is 1210. The molecule has 0 aliphatic carbocycles. The van der Waals surface area contributed by atoms with Crippen molar-refractivity contribution in [3.05, 3.63) is 66.1 Å². The van der Waals surface area contributed by atoms with Crippen LogP contribution in [0.4, 0.5) is 39.7 Å². The van der Waals surface area contributed by atoms with Gasteiger partial charge in [-0.05, 0) is 43.2 Å². The Balaban J connectivity index is 1.55. The molecule has 0 radical (unpaired) electrons. The predicted octanol–water partition coefficient (Wildman–Crippen LogP) is 5.32. The minimum absolute atomic E-state index is 0.0645. The van der Waals surface area contributed by atoms with Crippen molar-refractivity contribution in [3.63, 3.8) is 0 Å². The summed E-state index contributed by atoms with van der Waals surface area (Å²) in [6.45, 7) is 1.45. The van der Waals surface area contributed by atoms with E-state index in [2.05, 4.69) is 20.2 Å². The lowest BCUT2D eigenvalue weighted by molar-refractivity contribution is -0.137. The van der Waals surface area contributed by atoms with E-state index in [0.29, 0.717) is 29.9 Å². The summed E-state index contributed by atoms with van der Waals surface area (Å²) in [7, 11) is 0. The van der Waals surface area contributed by atoms with Crippen LogP contribution in [0.5, 0.6) is 0 Å². The highest BCUT2D eigenvalue weighted by molar-refractivity contribution is 6.03. The van der Waals surface area contributed by atoms with E-state index >= 15 is 0 Å². The fourth-order valence-corrected chi connectivity index (χ4v) is 4.32. The van der Waals surface area contributed by atoms with Crippen LogP contribution in [0.1, 0.15) is 18.4 Å². The second-order valence-electron chi connectivity index (χ2n) is 8.00. The fourth-order valence-electron chi connectivity index (χ4n) is 4.32. The molecule has 0 saturated carbocycles. The number of rotatable bonds is 2. The maximum atomic E-state index is 13.6. The summed E-state index contributed by atoms with van der Waals surface area (Å²) >= 11 is 0. The van der Waals surface area contributed by atoms with E-state index in [-0.39, 0.29) is 11.9 Å². The van der Waals surface area contributed by atoms with Gasteiger partial charge in [0.25, 0.3) is 0 Å². The number of fused-ring (bicyclic) bond motifs is 2. The Morgan fingerprint density at radius 3 is 2.58 bits per heavy atom. The number of hydrogen-bond donors (Lipinski definition) is 1. The van der Waals surface area contributed by atoms with Gasteiger partial charge >= 0.3 is 12.2 Å². The van der Waals surface area contributed by atoms with Crippen molar-refractivity contribution in [2.45, 2.75) is 25.1 Å². The second-order valence-corrected chi connectivity index (χ2v) is 8.00. The highest BCUT2D eigenvalue weighted by Crippen LogP contribution is 2.40. The first-order valence-corrected chi connectivity index (χ1v) is 10.4. The molecule has 5 heterocycles. The molecule has 6 nitrogen and oxygen atoms in total. The summed E-state index contributed by atoms with van der Waals surface area (Å²) in [6.07, 6.45) is -1.81. The monoisotopic (exact) mass is 457 g/mol. The van der Waals surface area contributed by atoms with Crippen LogP contribution in [-0.2, 0) is 6.18 Å². The average molecular weight is 457 g/mol. The zero-order valence-corrected chi connectivity index (χ0v) is 17.3. The Morgan fingerprint density at radius 1 is 1.06 bits per heavy atom. The quantitative estimate of drug-likeness (QED) is 0.529. The summed E-state index contributed by atoms with van der Waals surface area (Å²) in [6, 6.07) is 10.0. The van der Waals surface area contributed by atoms with Gasteiger partial charge in [-0.3, -0.25) is 10.2 Å². The van der Waals surface area contributed by atoms with Gasteiger partial charge in [0.05, 0.1) is 16.9 Å². The minimum Gasteiger partial charge on any atom is -0.368 e. The number of anilines is 3. The molecule has 3 aliphatic rings. The first kappa shape index (κ1) is 21.2. The number of carbonyl (C=O) groups is 1. The van der Waals surface area contributed by atoms with Crippen molar-refractivity contribution in [1.29, 1.82) is 0 Å². The molecule has 1 N–H and O–H groups in total. The fraction of sp³-hybridized carbons (Fsp3) is 0.261. The van der Waals surface area contributed by atoms with Crippen molar-refractivity contribution in [2.75, 3.05) is 28.2 Å². The van der Waals surface area contributed by atoms with Gasteiger partial charge in [0.1, 0.15) is 11.6 Å². The molecule has 1 aromatic carbocycles. The lowest BCUT2D eigenvalue weighted by Gasteiger charge is -2.31. The molecular formula is C23H19F4N5O. The summed E-state index contributed by atoms with van der Waals surface area (Å²) in [4.78, 5) is 25.5. The highest BCUT2D eigenvalue weighted by Gasteiger charge is 2.37. The molecule has 1 fully saturated rings. The first-order chi connectivity index (χ1) is 15.8. The van der Waals surface area contributed by atoms with Crippen molar-refractivity contribution in [2.24, 2.45) is 0 Å². The summed E-state index contributed by atoms with van der Waals surface area (Å²) in [5, 5.41) is 2.62. The summed E-state index contributed by atoms with van der Waals surface area (Å²) in [5.41, 5.74) is 0.579. The van der Waals surface area contributed by atoms with Gasteiger partial charge in [0, 0.05) is 37.0 Å². The topological polar surface area (TPSA) is 61.4 Å². The van der Waals surface area contributed by atoms with Gasteiger partial charge in [-0.25, -0.2) is 19.2 Å². The standard InChI is InChI=1S/C23H19F4N5O/c24-16-6-9-28-20(13-16)30-22(33)32-17-7-10-31(11-8-17)19-5-4-18(29-21(19)32)14-2-1-3-15(12-14)23(25,26)27/h1-6,9,12-13,17H,7-8,10-11H2,(H,28,30,33). The molecule has 3 aromatic rings. The largest absolute Gasteiger partial charge is 0.416 e. The number of carbonyl (C=O) groups excluding carboxylic acids is 1. The average Bonchev–Trinajstić information content (AvgIpc) is 3.04. The maximum Gasteiger partial charge on any atom is 0.416 e. The number of pyridine rings is 2. The van der Waals surface area contributed by atoms with Crippen LogP contribution < -0.4 is 15.1 Å². The van der Waals surface area contributed by atoms with Crippen LogP contribution >= 0.6 is 0 Å². The third-order valence-electron chi connectivity index (χ3n) is 5.91. The van der Waals surface area contributed by atoms with E-state index in [0.717, 1.165) is 37.0 Å². The third-order valence-corrected chi connectivity index (χ3v) is 5.91. The van der Waals surface area contributed by atoms with E-state index in [9.17, 15) is 22.4 Å². The van der Waals surface area contributed by atoms with Gasteiger partial charge in [-0.15, -0.1) is 0 Å². The number of piperidine rings is 1. The van der Waals surface area contributed by atoms with E-state index in [4.69, 9.17) is 0 Å². The van der Waals surface area contributed by atoms with Gasteiger partial charge in [-0.1, -0.05) is 12.1 Å². The number of halogens is 4. The molecule has 0 atom stereocenters. The molecular weight excluding hydrogens is 438 g/mol. The second kappa shape index (κ2) is 8.02. The first-order valence-electron chi connectivity index (χ1n) is 10.4. The lowest BCUT2D eigenvalue weighted by Crippen LogP contribution is -2.46. The highest BCUT2D eigenvalue weighted by atomic mass is 19.4. The van der Waals surface area contributed by atoms with Crippen LogP contribution in [0.25, 0.3) is 11.3 Å². The summed E-state index contributed by atoms with van der Waals surface area (Å²) < 4.78 is 53.2. The molecule has 10 heteroatoms. The van der Waals surface area contributed by atoms with Gasteiger partial charge in [0.2, 0.25) is 0 Å². The number of benzene rings is 1. The molecule has 2 amide bonds. The van der Waals surface area contributed by atoms with Crippen LogP contribution in [0, 0.1) is 5.82 Å². The van der Waals surface area contributed by atoms with Crippen molar-refractivity contribution in [1.82, 2.24) is 9.97 Å². The van der Waals surface area contributed by atoms with E-state index < -0.39 is 23.6 Å². The lowest BCUT2D eigenvalue weighted by atomic mass is 10.1. The zero-order chi connectivity index (χ0) is 23.2. The molecule has 0 spiro atoms. The van der Waals surface area contributed by atoms with Gasteiger partial charge in [-0.2, -0.15) is 13.2 Å². The minimum atomic E-state index is -4.48. The van der Waals surface area contributed by atoms with Crippen LogP contribution in [0.3, 0.4) is 0 Å². The number of urea groups is 1. The number of amides is 2. The molecule has 3 aliphatic heterocycles. The number of nitrogens with zero attached hydrogens (tertiary/aromatic N) is 4. The van der Waals surface area contributed by atoms with E-state index in [1.165, 1.54) is 23.2 Å². The van der Waals surface area contributed by atoms with E-state index in [1.807, 2.05) is 0 Å². The Hall–Kier alpha value is -3.69. The molecule has 6 rings (SSSR count). The van der Waals surface area contributed by atoms with Crippen LogP contribution in [-0.4, -0.2) is 35.1 Å². The number of hydrogen-bond acceptors (Lipinski definition) is 4. The van der Waals surface area contributed by atoms with Gasteiger partial charge < -0.3 is 4.90 Å². The molecule has 170 valence electrons. The van der Waals surface area contributed by atoms with Crippen LogP contribution in [0.15, 0.2) is 54.7 Å². The van der Waals surface area contributed by atoms with Crippen molar-refractivity contribution >= 4 is 23.4 Å². The summed E-state index contributed by atoms with van der Waals surface area (Å²) in [5.74, 6) is -0.109. The number of alkyl halides is 3. The number of nitrogens with one attached hydrogen (secondary N) is 1. The van der Waals surface area contributed by atoms with E-state index in [1.54, 1.807) is 18.2 Å². The SMILES string of the molecule is O=C(Nc1cc(F)ccn1)N1c2nc(-c3cccc(C(F)(F)F)c3)ccc2N2CCC1CC2. The van der Waals surface area contributed by atoms with Crippen LogP contribution in [0.2, 0.25) is 0 Å². The zero-order valence-electron chi connectivity index (χ0n) is 17.3. The molecule has 0 unspecified atom stereocenters. The van der Waals surface area contributed by atoms with Crippen molar-refractivity contribution in [3.8, 4) is 11.3 Å². The molecule has 1 saturated heterocycles. The Kier molecular flexibility index (Phi) is 5.15. The van der Waals surface area contributed by atoms with Crippen molar-refractivity contribution < 1.29 is 22.4 Å². The maximum absolute atomic E-state index is 13.6.